The summed E-state index contributed by atoms with van der Waals surface area (Å²) in [5.41, 5.74) is 0. The van der Waals surface area contributed by atoms with Gasteiger partial charge >= 0.3 is 12.4 Å². The predicted molar refractivity (Wildman–Crippen MR) is 34.8 cm³/mol. The molecule has 0 saturated carbocycles. The maximum absolute atomic E-state index is 11.9. The molecule has 0 spiro atoms. The van der Waals surface area contributed by atoms with E-state index in [1.54, 1.807) is 0 Å². The third kappa shape index (κ3) is 5.76. The van der Waals surface area contributed by atoms with Gasteiger partial charge in [-0.05, 0) is 6.42 Å². The van der Waals surface area contributed by atoms with Crippen LogP contribution in [0, 0.1) is 12.8 Å². The average Bonchev–Trinajstić information content (AvgIpc) is 1.81. The largest absolute Gasteiger partial charge is 0.392 e. The minimum absolute atomic E-state index is 0.153. The Morgan fingerprint density at radius 3 is 1.69 bits per heavy atom. The van der Waals surface area contributed by atoms with Gasteiger partial charge in [0, 0.05) is 0 Å². The lowest BCUT2D eigenvalue weighted by molar-refractivity contribution is -0.220. The van der Waals surface area contributed by atoms with Crippen molar-refractivity contribution in [1.29, 1.82) is 0 Å². The Labute approximate surface area is 71.9 Å². The summed E-state index contributed by atoms with van der Waals surface area (Å²) in [6.07, 6.45) is -12.1. The van der Waals surface area contributed by atoms with E-state index >= 15 is 0 Å². The fourth-order valence-electron chi connectivity index (χ4n) is 0.907. The third-order valence-corrected chi connectivity index (χ3v) is 1.49. The minimum atomic E-state index is -4.78. The number of hydrogen-bond acceptors (Lipinski definition) is 0. The Balaban J connectivity index is 4.27. The zero-order valence-electron chi connectivity index (χ0n) is 6.67. The molecular formula is C7H9F6. The van der Waals surface area contributed by atoms with E-state index in [1.165, 1.54) is 0 Å². The second kappa shape index (κ2) is 4.19. The van der Waals surface area contributed by atoms with Crippen LogP contribution in [0.5, 0.6) is 0 Å². The monoisotopic (exact) mass is 207 g/mol. The standard InChI is InChI=1S/C7H9F6/c1-2-3-5(7(11,12)13)4-6(8,9)10/h5H,1-4H2. The molecule has 0 nitrogen and oxygen atoms in total. The van der Waals surface area contributed by atoms with Crippen molar-refractivity contribution in [1.82, 2.24) is 0 Å². The number of halogens is 6. The van der Waals surface area contributed by atoms with Gasteiger partial charge in [0.25, 0.3) is 0 Å². The van der Waals surface area contributed by atoms with Gasteiger partial charge < -0.3 is 0 Å². The second-order valence-corrected chi connectivity index (χ2v) is 2.70. The molecule has 0 bridgehead atoms. The molecule has 0 saturated heterocycles. The number of alkyl halides is 6. The zero-order chi connectivity index (χ0) is 10.7. The first-order chi connectivity index (χ1) is 5.67. The normalized spacial score (nSPS) is 15.9. The molecule has 0 aromatic carbocycles. The second-order valence-electron chi connectivity index (χ2n) is 2.70. The van der Waals surface area contributed by atoms with Crippen molar-refractivity contribution in [3.8, 4) is 0 Å². The molecule has 0 fully saturated rings. The summed E-state index contributed by atoms with van der Waals surface area (Å²) in [5, 5.41) is 0. The van der Waals surface area contributed by atoms with Crippen molar-refractivity contribution in [2.75, 3.05) is 0 Å². The maximum atomic E-state index is 11.9. The van der Waals surface area contributed by atoms with Crippen molar-refractivity contribution in [2.24, 2.45) is 5.92 Å². The molecule has 0 aliphatic carbocycles. The van der Waals surface area contributed by atoms with Crippen LogP contribution in [0.15, 0.2) is 0 Å². The summed E-state index contributed by atoms with van der Waals surface area (Å²) in [6, 6.07) is 0. The quantitative estimate of drug-likeness (QED) is 0.618. The van der Waals surface area contributed by atoms with Crippen LogP contribution in [0.1, 0.15) is 19.3 Å². The van der Waals surface area contributed by atoms with Crippen molar-refractivity contribution >= 4 is 0 Å². The highest BCUT2D eigenvalue weighted by Crippen LogP contribution is 2.38. The van der Waals surface area contributed by atoms with E-state index in [0.717, 1.165) is 0 Å². The minimum Gasteiger partial charge on any atom is -0.171 e. The predicted octanol–water partition coefficient (Wildman–Crippen LogP) is 3.73. The highest BCUT2D eigenvalue weighted by atomic mass is 19.4. The van der Waals surface area contributed by atoms with E-state index in [0.29, 0.717) is 0 Å². The van der Waals surface area contributed by atoms with Crippen molar-refractivity contribution < 1.29 is 26.3 Å². The lowest BCUT2D eigenvalue weighted by Crippen LogP contribution is -2.28. The van der Waals surface area contributed by atoms with E-state index in [4.69, 9.17) is 0 Å². The number of rotatable bonds is 3. The van der Waals surface area contributed by atoms with Gasteiger partial charge in [-0.1, -0.05) is 13.3 Å². The Bertz CT molecular complexity index is 144. The van der Waals surface area contributed by atoms with Crippen molar-refractivity contribution in [2.45, 2.75) is 31.6 Å². The maximum Gasteiger partial charge on any atom is 0.392 e. The molecule has 1 radical (unpaired) electrons. The number of hydrogen-bond donors (Lipinski definition) is 0. The first-order valence-corrected chi connectivity index (χ1v) is 3.59. The van der Waals surface area contributed by atoms with Crippen molar-refractivity contribution in [3.05, 3.63) is 6.92 Å². The van der Waals surface area contributed by atoms with E-state index in [2.05, 4.69) is 6.92 Å². The van der Waals surface area contributed by atoms with E-state index in [9.17, 15) is 26.3 Å². The highest BCUT2D eigenvalue weighted by molar-refractivity contribution is 4.71. The van der Waals surface area contributed by atoms with E-state index in [-0.39, 0.29) is 6.42 Å². The first kappa shape index (κ1) is 12.6. The Hall–Kier alpha value is -0.420. The molecule has 0 aliphatic heterocycles. The molecule has 0 amide bonds. The topological polar surface area (TPSA) is 0 Å². The summed E-state index contributed by atoms with van der Waals surface area (Å²) in [5.74, 6) is -2.31. The van der Waals surface area contributed by atoms with Crippen LogP contribution in [0.4, 0.5) is 26.3 Å². The van der Waals surface area contributed by atoms with Crippen LogP contribution in [-0.4, -0.2) is 12.4 Å². The Morgan fingerprint density at radius 2 is 1.46 bits per heavy atom. The molecule has 1 atom stereocenters. The van der Waals surface area contributed by atoms with Gasteiger partial charge in [0.05, 0.1) is 12.3 Å². The van der Waals surface area contributed by atoms with E-state index in [1.807, 2.05) is 0 Å². The van der Waals surface area contributed by atoms with Crippen LogP contribution < -0.4 is 0 Å². The van der Waals surface area contributed by atoms with Gasteiger partial charge in [-0.15, -0.1) is 0 Å². The molecule has 0 N–H and O–H groups in total. The first-order valence-electron chi connectivity index (χ1n) is 3.59. The molecule has 0 aliphatic rings. The van der Waals surface area contributed by atoms with Gasteiger partial charge in [-0.3, -0.25) is 0 Å². The fourth-order valence-corrected chi connectivity index (χ4v) is 0.907. The van der Waals surface area contributed by atoms with Gasteiger partial charge in [-0.25, -0.2) is 0 Å². The van der Waals surface area contributed by atoms with Crippen LogP contribution >= 0.6 is 0 Å². The Morgan fingerprint density at radius 1 is 1.00 bits per heavy atom. The van der Waals surface area contributed by atoms with Gasteiger partial charge in [-0.2, -0.15) is 26.3 Å². The molecule has 0 aromatic heterocycles. The molecule has 1 unspecified atom stereocenters. The van der Waals surface area contributed by atoms with Crippen LogP contribution in [0.2, 0.25) is 0 Å². The van der Waals surface area contributed by atoms with Gasteiger partial charge in [0.15, 0.2) is 0 Å². The third-order valence-electron chi connectivity index (χ3n) is 1.49. The molecule has 0 rings (SSSR count). The van der Waals surface area contributed by atoms with Gasteiger partial charge in [0.2, 0.25) is 0 Å². The van der Waals surface area contributed by atoms with Crippen LogP contribution in [-0.2, 0) is 0 Å². The molecule has 0 heterocycles. The van der Waals surface area contributed by atoms with Crippen molar-refractivity contribution in [3.63, 3.8) is 0 Å². The summed E-state index contributed by atoms with van der Waals surface area (Å²) in [6.45, 7) is 3.10. The van der Waals surface area contributed by atoms with E-state index < -0.39 is 31.1 Å². The summed E-state index contributed by atoms with van der Waals surface area (Å²) < 4.78 is 70.6. The summed E-state index contributed by atoms with van der Waals surface area (Å²) >= 11 is 0. The molecule has 0 aromatic rings. The van der Waals surface area contributed by atoms with Crippen LogP contribution in [0.3, 0.4) is 0 Å². The lowest BCUT2D eigenvalue weighted by Gasteiger charge is -2.20. The highest BCUT2D eigenvalue weighted by Gasteiger charge is 2.45. The fraction of sp³-hybridized carbons (Fsp3) is 0.857. The summed E-state index contributed by atoms with van der Waals surface area (Å²) in [7, 11) is 0. The molecule has 13 heavy (non-hydrogen) atoms. The van der Waals surface area contributed by atoms with Gasteiger partial charge in [0.1, 0.15) is 0 Å². The summed E-state index contributed by atoms with van der Waals surface area (Å²) in [4.78, 5) is 0. The molecule has 79 valence electrons. The zero-order valence-corrected chi connectivity index (χ0v) is 6.67. The smallest absolute Gasteiger partial charge is 0.171 e. The SMILES string of the molecule is [CH2]CCC(CC(F)(F)F)C(F)(F)F. The molecule has 6 heteroatoms. The Kier molecular flexibility index (Phi) is 4.06. The lowest BCUT2D eigenvalue weighted by atomic mass is 9.99. The average molecular weight is 207 g/mol. The van der Waals surface area contributed by atoms with Crippen LogP contribution in [0.25, 0.3) is 0 Å². The molecular weight excluding hydrogens is 198 g/mol.